The standard InChI is InChI=1S/C17H12BrFN2O2/c18-12-6-7-15(13(19)9-12)23-10-16(22)21-14-5-1-3-11-4-2-8-20-17(11)14/h1-9H,10H2,(H,21,22). The molecule has 0 saturated carbocycles. The van der Waals surface area contributed by atoms with Crippen molar-refractivity contribution < 1.29 is 13.9 Å². The molecular formula is C17H12BrFN2O2. The molecule has 0 bridgehead atoms. The van der Waals surface area contributed by atoms with Gasteiger partial charge in [-0.25, -0.2) is 4.39 Å². The van der Waals surface area contributed by atoms with Crippen molar-refractivity contribution in [1.82, 2.24) is 4.98 Å². The number of fused-ring (bicyclic) bond motifs is 1. The average molecular weight is 375 g/mol. The Morgan fingerprint density at radius 1 is 1.22 bits per heavy atom. The molecule has 0 atom stereocenters. The largest absolute Gasteiger partial charge is 0.481 e. The quantitative estimate of drug-likeness (QED) is 0.745. The molecule has 0 fully saturated rings. The number of pyridine rings is 1. The molecule has 116 valence electrons. The van der Waals surface area contributed by atoms with Crippen molar-refractivity contribution in [1.29, 1.82) is 0 Å². The van der Waals surface area contributed by atoms with Crippen molar-refractivity contribution in [2.45, 2.75) is 0 Å². The van der Waals surface area contributed by atoms with Crippen LogP contribution in [0.4, 0.5) is 10.1 Å². The van der Waals surface area contributed by atoms with E-state index in [2.05, 4.69) is 26.2 Å². The highest BCUT2D eigenvalue weighted by Gasteiger charge is 2.09. The Hall–Kier alpha value is -2.47. The molecule has 1 heterocycles. The lowest BCUT2D eigenvalue weighted by atomic mass is 10.2. The zero-order valence-corrected chi connectivity index (χ0v) is 13.5. The second kappa shape index (κ2) is 6.75. The number of carbonyl (C=O) groups excluding carboxylic acids is 1. The number of hydrogen-bond donors (Lipinski definition) is 1. The molecule has 0 radical (unpaired) electrons. The summed E-state index contributed by atoms with van der Waals surface area (Å²) in [6.07, 6.45) is 1.66. The highest BCUT2D eigenvalue weighted by Crippen LogP contribution is 2.22. The molecule has 4 nitrogen and oxygen atoms in total. The van der Waals surface area contributed by atoms with Crippen LogP contribution in [0.3, 0.4) is 0 Å². The summed E-state index contributed by atoms with van der Waals surface area (Å²) in [4.78, 5) is 16.3. The fourth-order valence-electron chi connectivity index (χ4n) is 2.13. The van der Waals surface area contributed by atoms with Gasteiger partial charge in [-0.1, -0.05) is 34.1 Å². The van der Waals surface area contributed by atoms with E-state index >= 15 is 0 Å². The van der Waals surface area contributed by atoms with Crippen LogP contribution in [0.2, 0.25) is 0 Å². The number of aromatic nitrogens is 1. The van der Waals surface area contributed by atoms with Gasteiger partial charge < -0.3 is 10.1 Å². The first kappa shape index (κ1) is 15.4. The van der Waals surface area contributed by atoms with Gasteiger partial charge in [0.05, 0.1) is 11.2 Å². The summed E-state index contributed by atoms with van der Waals surface area (Å²) < 4.78 is 19.5. The van der Waals surface area contributed by atoms with Crippen LogP contribution in [0.1, 0.15) is 0 Å². The molecule has 6 heteroatoms. The van der Waals surface area contributed by atoms with E-state index in [1.165, 1.54) is 12.1 Å². The topological polar surface area (TPSA) is 51.2 Å². The summed E-state index contributed by atoms with van der Waals surface area (Å²) in [7, 11) is 0. The Kier molecular flexibility index (Phi) is 4.52. The molecule has 0 aliphatic rings. The fraction of sp³-hybridized carbons (Fsp3) is 0.0588. The van der Waals surface area contributed by atoms with Gasteiger partial charge in [0.1, 0.15) is 0 Å². The molecule has 1 amide bonds. The number of amides is 1. The molecule has 3 aromatic rings. The SMILES string of the molecule is O=C(COc1ccc(Br)cc1F)Nc1cccc2cccnc12. The van der Waals surface area contributed by atoms with Gasteiger partial charge in [-0.3, -0.25) is 9.78 Å². The van der Waals surface area contributed by atoms with E-state index in [0.29, 0.717) is 15.7 Å². The van der Waals surface area contributed by atoms with Crippen LogP contribution in [0.5, 0.6) is 5.75 Å². The third kappa shape index (κ3) is 3.65. The second-order valence-corrected chi connectivity index (χ2v) is 5.71. The lowest BCUT2D eigenvalue weighted by Crippen LogP contribution is -2.20. The van der Waals surface area contributed by atoms with Crippen molar-refractivity contribution >= 4 is 38.4 Å². The van der Waals surface area contributed by atoms with Gasteiger partial charge in [0, 0.05) is 16.1 Å². The number of ether oxygens (including phenoxy) is 1. The number of hydrogen-bond acceptors (Lipinski definition) is 3. The third-order valence-corrected chi connectivity index (χ3v) is 3.65. The molecular weight excluding hydrogens is 363 g/mol. The molecule has 23 heavy (non-hydrogen) atoms. The number of halogens is 2. The van der Waals surface area contributed by atoms with Crippen LogP contribution in [0.15, 0.2) is 59.2 Å². The van der Waals surface area contributed by atoms with Gasteiger partial charge in [-0.05, 0) is 30.3 Å². The second-order valence-electron chi connectivity index (χ2n) is 4.79. The minimum absolute atomic E-state index is 0.0272. The monoisotopic (exact) mass is 374 g/mol. The molecule has 0 aliphatic heterocycles. The number of anilines is 1. The summed E-state index contributed by atoms with van der Waals surface area (Å²) in [5, 5.41) is 3.65. The first-order valence-electron chi connectivity index (χ1n) is 6.85. The molecule has 0 spiro atoms. The zero-order valence-electron chi connectivity index (χ0n) is 11.9. The summed E-state index contributed by atoms with van der Waals surface area (Å²) in [6, 6.07) is 13.6. The third-order valence-electron chi connectivity index (χ3n) is 3.16. The van der Waals surface area contributed by atoms with Gasteiger partial charge in [0.2, 0.25) is 0 Å². The van der Waals surface area contributed by atoms with Crippen LogP contribution in [-0.4, -0.2) is 17.5 Å². The van der Waals surface area contributed by atoms with E-state index in [0.717, 1.165) is 5.39 Å². The number of nitrogens with zero attached hydrogens (tertiary/aromatic N) is 1. The smallest absolute Gasteiger partial charge is 0.262 e. The minimum Gasteiger partial charge on any atom is -0.481 e. The zero-order chi connectivity index (χ0) is 16.2. The van der Waals surface area contributed by atoms with Gasteiger partial charge in [0.25, 0.3) is 5.91 Å². The number of carbonyl (C=O) groups is 1. The van der Waals surface area contributed by atoms with E-state index in [1.807, 2.05) is 24.3 Å². The normalized spacial score (nSPS) is 10.5. The van der Waals surface area contributed by atoms with Gasteiger partial charge in [-0.2, -0.15) is 0 Å². The van der Waals surface area contributed by atoms with Crippen molar-refractivity contribution in [3.8, 4) is 5.75 Å². The number of nitrogens with one attached hydrogen (secondary N) is 1. The Morgan fingerprint density at radius 2 is 2.04 bits per heavy atom. The first-order valence-corrected chi connectivity index (χ1v) is 7.64. The summed E-state index contributed by atoms with van der Waals surface area (Å²) in [5.74, 6) is -0.885. The van der Waals surface area contributed by atoms with E-state index in [-0.39, 0.29) is 18.3 Å². The number of para-hydroxylation sites is 1. The van der Waals surface area contributed by atoms with Crippen molar-refractivity contribution in [2.24, 2.45) is 0 Å². The lowest BCUT2D eigenvalue weighted by Gasteiger charge is -2.10. The van der Waals surface area contributed by atoms with Crippen LogP contribution in [-0.2, 0) is 4.79 Å². The predicted molar refractivity (Wildman–Crippen MR) is 90.0 cm³/mol. The van der Waals surface area contributed by atoms with Gasteiger partial charge in [-0.15, -0.1) is 0 Å². The fourth-order valence-corrected chi connectivity index (χ4v) is 2.46. The van der Waals surface area contributed by atoms with Crippen LogP contribution in [0, 0.1) is 5.82 Å². The molecule has 0 saturated heterocycles. The maximum Gasteiger partial charge on any atom is 0.262 e. The van der Waals surface area contributed by atoms with Gasteiger partial charge in [0.15, 0.2) is 18.2 Å². The maximum absolute atomic E-state index is 13.6. The molecule has 1 N–H and O–H groups in total. The van der Waals surface area contributed by atoms with Crippen molar-refractivity contribution in [3.63, 3.8) is 0 Å². The van der Waals surface area contributed by atoms with Crippen LogP contribution < -0.4 is 10.1 Å². The molecule has 0 aliphatic carbocycles. The molecule has 0 unspecified atom stereocenters. The Labute approximate surface area is 140 Å². The first-order chi connectivity index (χ1) is 11.1. The highest BCUT2D eigenvalue weighted by molar-refractivity contribution is 9.10. The van der Waals surface area contributed by atoms with Crippen molar-refractivity contribution in [2.75, 3.05) is 11.9 Å². The summed E-state index contributed by atoms with van der Waals surface area (Å²) in [5.41, 5.74) is 1.28. The Morgan fingerprint density at radius 3 is 2.87 bits per heavy atom. The van der Waals surface area contributed by atoms with Crippen LogP contribution >= 0.6 is 15.9 Å². The molecule has 3 rings (SSSR count). The average Bonchev–Trinajstić information content (AvgIpc) is 2.54. The maximum atomic E-state index is 13.6. The lowest BCUT2D eigenvalue weighted by molar-refractivity contribution is -0.118. The van der Waals surface area contributed by atoms with E-state index < -0.39 is 5.82 Å². The molecule has 1 aromatic heterocycles. The number of benzene rings is 2. The Bertz CT molecular complexity index is 865. The predicted octanol–water partition coefficient (Wildman–Crippen LogP) is 4.15. The van der Waals surface area contributed by atoms with Crippen molar-refractivity contribution in [3.05, 3.63) is 65.0 Å². The minimum atomic E-state index is -0.529. The highest BCUT2D eigenvalue weighted by atomic mass is 79.9. The number of rotatable bonds is 4. The van der Waals surface area contributed by atoms with E-state index in [1.54, 1.807) is 18.3 Å². The Balaban J connectivity index is 1.69. The van der Waals surface area contributed by atoms with E-state index in [4.69, 9.17) is 4.74 Å². The summed E-state index contributed by atoms with van der Waals surface area (Å²) in [6.45, 7) is -0.290. The molecule has 2 aromatic carbocycles. The van der Waals surface area contributed by atoms with E-state index in [9.17, 15) is 9.18 Å². The van der Waals surface area contributed by atoms with Gasteiger partial charge >= 0.3 is 0 Å². The summed E-state index contributed by atoms with van der Waals surface area (Å²) >= 11 is 3.16. The van der Waals surface area contributed by atoms with Crippen LogP contribution in [0.25, 0.3) is 10.9 Å².